The van der Waals surface area contributed by atoms with Crippen molar-refractivity contribution in [2.24, 2.45) is 0 Å². The van der Waals surface area contributed by atoms with Gasteiger partial charge >= 0.3 is 0 Å². The maximum atomic E-state index is 11.1. The monoisotopic (exact) mass is 312 g/mol. The Bertz CT molecular complexity index is 832. The molecular weight excluding hydrogens is 300 g/mol. The van der Waals surface area contributed by atoms with Gasteiger partial charge in [0.05, 0.1) is 10.6 Å². The minimum Gasteiger partial charge on any atom is -0.375 e. The highest BCUT2D eigenvalue weighted by Crippen LogP contribution is 2.25. The van der Waals surface area contributed by atoms with Gasteiger partial charge in [0, 0.05) is 40.9 Å². The molecule has 0 spiro atoms. The molecule has 0 atom stereocenters. The minimum absolute atomic E-state index is 0.104. The van der Waals surface area contributed by atoms with Crippen LogP contribution in [0.25, 0.3) is 11.3 Å². The largest absolute Gasteiger partial charge is 0.375 e. The average Bonchev–Trinajstić information content (AvgIpc) is 2.94. The van der Waals surface area contributed by atoms with Crippen LogP contribution in [0, 0.1) is 10.1 Å². The van der Waals surface area contributed by atoms with Gasteiger partial charge in [0.15, 0.2) is 5.13 Å². The van der Waals surface area contributed by atoms with Crippen LogP contribution in [-0.4, -0.2) is 14.9 Å². The number of nitrogens with zero attached hydrogens (tertiary/aromatic N) is 3. The molecule has 2 N–H and O–H groups in total. The molecule has 0 aliphatic carbocycles. The normalized spacial score (nSPS) is 10.5. The third kappa shape index (κ3) is 2.94. The van der Waals surface area contributed by atoms with Crippen LogP contribution in [0.4, 0.5) is 10.8 Å². The number of hydrogen-bond acceptors (Lipinski definition) is 6. The molecule has 0 radical (unpaired) electrons. The van der Waals surface area contributed by atoms with Gasteiger partial charge in [-0.25, -0.2) is 4.98 Å². The van der Waals surface area contributed by atoms with Crippen molar-refractivity contribution in [3.63, 3.8) is 0 Å². The number of hydrogen-bond donors (Lipinski definition) is 1. The SMILES string of the molecule is Nc1nc(-c2ccnc(Cc3ccccc3[N+](=O)[O-])c2)cs1. The summed E-state index contributed by atoms with van der Waals surface area (Å²) in [6, 6.07) is 10.4. The number of para-hydroxylation sites is 1. The lowest BCUT2D eigenvalue weighted by atomic mass is 10.1. The third-order valence-electron chi connectivity index (χ3n) is 3.19. The Kier molecular flexibility index (Phi) is 3.80. The Morgan fingerprint density at radius 3 is 2.82 bits per heavy atom. The van der Waals surface area contributed by atoms with E-state index >= 15 is 0 Å². The van der Waals surface area contributed by atoms with Crippen LogP contribution in [0.1, 0.15) is 11.3 Å². The maximum absolute atomic E-state index is 11.1. The van der Waals surface area contributed by atoms with Crippen LogP contribution in [0.3, 0.4) is 0 Å². The number of nitrogens with two attached hydrogens (primary N) is 1. The zero-order chi connectivity index (χ0) is 15.5. The Morgan fingerprint density at radius 2 is 2.09 bits per heavy atom. The summed E-state index contributed by atoms with van der Waals surface area (Å²) in [6.07, 6.45) is 2.07. The highest BCUT2D eigenvalue weighted by atomic mass is 32.1. The molecule has 0 unspecified atom stereocenters. The number of anilines is 1. The zero-order valence-corrected chi connectivity index (χ0v) is 12.3. The van der Waals surface area contributed by atoms with Gasteiger partial charge in [-0.2, -0.15) is 0 Å². The molecule has 0 fully saturated rings. The average molecular weight is 312 g/mol. The van der Waals surface area contributed by atoms with E-state index in [1.807, 2.05) is 17.5 Å². The van der Waals surface area contributed by atoms with Crippen molar-refractivity contribution in [1.82, 2.24) is 9.97 Å². The van der Waals surface area contributed by atoms with Crippen molar-refractivity contribution in [3.05, 3.63) is 69.3 Å². The van der Waals surface area contributed by atoms with Gasteiger partial charge in [0.2, 0.25) is 0 Å². The Labute approximate surface area is 130 Å². The van der Waals surface area contributed by atoms with Crippen molar-refractivity contribution in [3.8, 4) is 11.3 Å². The Morgan fingerprint density at radius 1 is 1.27 bits per heavy atom. The molecule has 1 aromatic carbocycles. The quantitative estimate of drug-likeness (QED) is 0.589. The molecule has 0 amide bonds. The lowest BCUT2D eigenvalue weighted by Gasteiger charge is -2.04. The summed E-state index contributed by atoms with van der Waals surface area (Å²) in [4.78, 5) is 19.2. The van der Waals surface area contributed by atoms with E-state index in [2.05, 4.69) is 9.97 Å². The summed E-state index contributed by atoms with van der Waals surface area (Å²) in [6.45, 7) is 0. The summed E-state index contributed by atoms with van der Waals surface area (Å²) >= 11 is 1.37. The van der Waals surface area contributed by atoms with Gasteiger partial charge in [0.1, 0.15) is 0 Å². The van der Waals surface area contributed by atoms with Gasteiger partial charge in [-0.05, 0) is 12.1 Å². The van der Waals surface area contributed by atoms with Crippen LogP contribution in [0.2, 0.25) is 0 Å². The third-order valence-corrected chi connectivity index (χ3v) is 3.87. The molecule has 110 valence electrons. The Balaban J connectivity index is 1.92. The second-order valence-corrected chi connectivity index (χ2v) is 5.56. The summed E-state index contributed by atoms with van der Waals surface area (Å²) in [5.41, 5.74) is 8.82. The molecule has 0 saturated heterocycles. The predicted octanol–water partition coefficient (Wildman–Crippen LogP) is 3.29. The molecule has 2 heterocycles. The first-order valence-corrected chi connectivity index (χ1v) is 7.40. The van der Waals surface area contributed by atoms with Gasteiger partial charge in [-0.1, -0.05) is 18.2 Å². The molecule has 3 aromatic rings. The number of pyridine rings is 1. The standard InChI is InChI=1S/C15H12N4O2S/c16-15-18-13(9-22-15)10-5-6-17-12(7-10)8-11-3-1-2-4-14(11)19(20)21/h1-7,9H,8H2,(H2,16,18). The Hall–Kier alpha value is -2.80. The first-order valence-electron chi connectivity index (χ1n) is 6.52. The second-order valence-electron chi connectivity index (χ2n) is 4.67. The number of nitro groups is 1. The molecule has 6 nitrogen and oxygen atoms in total. The number of aromatic nitrogens is 2. The van der Waals surface area contributed by atoms with E-state index in [4.69, 9.17) is 5.73 Å². The predicted molar refractivity (Wildman–Crippen MR) is 85.7 cm³/mol. The van der Waals surface area contributed by atoms with E-state index in [9.17, 15) is 10.1 Å². The molecular formula is C15H12N4O2S. The molecule has 0 aliphatic heterocycles. The fourth-order valence-electron chi connectivity index (χ4n) is 2.19. The van der Waals surface area contributed by atoms with Crippen LogP contribution in [0.5, 0.6) is 0 Å². The number of thiazole rings is 1. The van der Waals surface area contributed by atoms with Crippen molar-refractivity contribution in [2.75, 3.05) is 5.73 Å². The minimum atomic E-state index is -0.375. The lowest BCUT2D eigenvalue weighted by molar-refractivity contribution is -0.385. The van der Waals surface area contributed by atoms with Crippen LogP contribution >= 0.6 is 11.3 Å². The van der Waals surface area contributed by atoms with Crippen LogP contribution < -0.4 is 5.73 Å². The molecule has 7 heteroatoms. The van der Waals surface area contributed by atoms with E-state index in [0.717, 1.165) is 17.0 Å². The summed E-state index contributed by atoms with van der Waals surface area (Å²) in [5, 5.41) is 13.4. The highest BCUT2D eigenvalue weighted by molar-refractivity contribution is 7.13. The van der Waals surface area contributed by atoms with E-state index < -0.39 is 0 Å². The fraction of sp³-hybridized carbons (Fsp3) is 0.0667. The van der Waals surface area contributed by atoms with Gasteiger partial charge in [0.25, 0.3) is 5.69 Å². The van der Waals surface area contributed by atoms with Gasteiger partial charge in [-0.15, -0.1) is 11.3 Å². The van der Waals surface area contributed by atoms with Gasteiger partial charge < -0.3 is 5.73 Å². The number of nitrogen functional groups attached to an aromatic ring is 1. The van der Waals surface area contributed by atoms with Gasteiger partial charge in [-0.3, -0.25) is 15.1 Å². The van der Waals surface area contributed by atoms with Crippen LogP contribution in [-0.2, 0) is 6.42 Å². The van der Waals surface area contributed by atoms with Crippen molar-refractivity contribution in [2.45, 2.75) is 6.42 Å². The molecule has 0 aliphatic rings. The smallest absolute Gasteiger partial charge is 0.272 e. The molecule has 2 aromatic heterocycles. The van der Waals surface area contributed by atoms with E-state index in [0.29, 0.717) is 17.1 Å². The van der Waals surface area contributed by atoms with Crippen LogP contribution in [0.15, 0.2) is 48.0 Å². The molecule has 22 heavy (non-hydrogen) atoms. The topological polar surface area (TPSA) is 94.9 Å². The summed E-state index contributed by atoms with van der Waals surface area (Å²) < 4.78 is 0. The molecule has 0 saturated carbocycles. The van der Waals surface area contributed by atoms with E-state index in [-0.39, 0.29) is 10.6 Å². The number of rotatable bonds is 4. The first kappa shape index (κ1) is 14.2. The van der Waals surface area contributed by atoms with Crippen molar-refractivity contribution in [1.29, 1.82) is 0 Å². The first-order chi connectivity index (χ1) is 10.6. The molecule has 0 bridgehead atoms. The van der Waals surface area contributed by atoms with E-state index in [1.165, 1.54) is 17.4 Å². The second kappa shape index (κ2) is 5.90. The number of benzene rings is 1. The molecule has 3 rings (SSSR count). The van der Waals surface area contributed by atoms with E-state index in [1.54, 1.807) is 24.4 Å². The zero-order valence-electron chi connectivity index (χ0n) is 11.5. The van der Waals surface area contributed by atoms with Crippen molar-refractivity contribution < 1.29 is 4.92 Å². The summed E-state index contributed by atoms with van der Waals surface area (Å²) in [7, 11) is 0. The maximum Gasteiger partial charge on any atom is 0.272 e. The lowest BCUT2D eigenvalue weighted by Crippen LogP contribution is -1.98. The van der Waals surface area contributed by atoms with Crippen molar-refractivity contribution >= 4 is 22.2 Å². The fourth-order valence-corrected chi connectivity index (χ4v) is 2.76. The number of nitro benzene ring substituents is 1. The summed E-state index contributed by atoms with van der Waals surface area (Å²) in [5.74, 6) is 0. The highest BCUT2D eigenvalue weighted by Gasteiger charge is 2.13.